The highest BCUT2D eigenvalue weighted by Crippen LogP contribution is 2.37. The molecule has 0 amide bonds. The highest BCUT2D eigenvalue weighted by Gasteiger charge is 2.28. The third-order valence-corrected chi connectivity index (χ3v) is 3.96. The monoisotopic (exact) mass is 319 g/mol. The number of nitrogens with zero attached hydrogens (tertiary/aromatic N) is 2. The van der Waals surface area contributed by atoms with Crippen molar-refractivity contribution in [3.8, 4) is 0 Å². The highest BCUT2D eigenvalue weighted by molar-refractivity contribution is 6.42. The second kappa shape index (κ2) is 6.13. The van der Waals surface area contributed by atoms with E-state index in [1.54, 1.807) is 0 Å². The normalized spacial score (nSPS) is 20.8. The predicted molar refractivity (Wildman–Crippen MR) is 78.7 cm³/mol. The fourth-order valence-electron chi connectivity index (χ4n) is 2.14. The van der Waals surface area contributed by atoms with Crippen molar-refractivity contribution in [2.45, 2.75) is 19.1 Å². The quantitative estimate of drug-likeness (QED) is 0.683. The molecule has 0 saturated carbocycles. The highest BCUT2D eigenvalue weighted by atomic mass is 35.5. The van der Waals surface area contributed by atoms with Gasteiger partial charge >= 0.3 is 0 Å². The van der Waals surface area contributed by atoms with E-state index < -0.39 is 4.92 Å². The first kappa shape index (κ1) is 15.3. The number of halogens is 2. The van der Waals surface area contributed by atoms with Gasteiger partial charge < -0.3 is 15.4 Å². The van der Waals surface area contributed by atoms with E-state index in [2.05, 4.69) is 0 Å². The molecule has 2 rings (SSSR count). The van der Waals surface area contributed by atoms with Gasteiger partial charge in [0.25, 0.3) is 5.69 Å². The summed E-state index contributed by atoms with van der Waals surface area (Å²) in [7, 11) is 0. The molecule has 1 aromatic rings. The van der Waals surface area contributed by atoms with Gasteiger partial charge in [0.2, 0.25) is 0 Å². The molecule has 1 heterocycles. The number of nitro benzene ring substituents is 1. The molecule has 6 nitrogen and oxygen atoms in total. The molecule has 0 aromatic heterocycles. The van der Waals surface area contributed by atoms with Gasteiger partial charge in [0, 0.05) is 25.2 Å². The first-order valence-electron chi connectivity index (χ1n) is 6.15. The second-order valence-corrected chi connectivity index (χ2v) is 5.54. The predicted octanol–water partition coefficient (Wildman–Crippen LogP) is 2.45. The van der Waals surface area contributed by atoms with Crippen molar-refractivity contribution in [3.05, 3.63) is 32.3 Å². The molecule has 0 spiro atoms. The van der Waals surface area contributed by atoms with Crippen LogP contribution in [0.3, 0.4) is 0 Å². The Morgan fingerprint density at radius 1 is 1.50 bits per heavy atom. The minimum Gasteiger partial charge on any atom is -0.373 e. The fourth-order valence-corrected chi connectivity index (χ4v) is 2.45. The summed E-state index contributed by atoms with van der Waals surface area (Å²) in [4.78, 5) is 12.6. The molecular formula is C12H15Cl2N3O3. The molecule has 2 atom stereocenters. The van der Waals surface area contributed by atoms with Crippen LogP contribution >= 0.6 is 23.2 Å². The molecule has 1 aliphatic rings. The zero-order chi connectivity index (χ0) is 14.9. The zero-order valence-corrected chi connectivity index (χ0v) is 12.4. The van der Waals surface area contributed by atoms with Crippen molar-refractivity contribution in [3.63, 3.8) is 0 Å². The Hall–Kier alpha value is -1.08. The number of ether oxygens (including phenoxy) is 1. The molecular weight excluding hydrogens is 305 g/mol. The smallest absolute Gasteiger partial charge is 0.294 e. The lowest BCUT2D eigenvalue weighted by Crippen LogP contribution is -2.49. The van der Waals surface area contributed by atoms with E-state index >= 15 is 0 Å². The van der Waals surface area contributed by atoms with Gasteiger partial charge in [-0.2, -0.15) is 0 Å². The first-order chi connectivity index (χ1) is 9.40. The fraction of sp³-hybridized carbons (Fsp3) is 0.500. The Balaban J connectivity index is 2.36. The van der Waals surface area contributed by atoms with Crippen LogP contribution in [0.2, 0.25) is 10.0 Å². The van der Waals surface area contributed by atoms with E-state index in [9.17, 15) is 10.1 Å². The van der Waals surface area contributed by atoms with Gasteiger partial charge in [0.15, 0.2) is 0 Å². The second-order valence-electron chi connectivity index (χ2n) is 4.73. The average molecular weight is 320 g/mol. The number of morpholine rings is 1. The van der Waals surface area contributed by atoms with Crippen LogP contribution < -0.4 is 10.6 Å². The standard InChI is InChI=1S/C12H15Cl2N3O3/c1-7(15)12-6-16(2-3-20-12)10-4-8(13)9(14)5-11(10)17(18)19/h4-5,7,12H,2-3,6,15H2,1H3. The summed E-state index contributed by atoms with van der Waals surface area (Å²) < 4.78 is 5.55. The Morgan fingerprint density at radius 3 is 2.75 bits per heavy atom. The van der Waals surface area contributed by atoms with Gasteiger partial charge in [0.1, 0.15) is 5.69 Å². The number of hydrogen-bond acceptors (Lipinski definition) is 5. The van der Waals surface area contributed by atoms with Gasteiger partial charge in [-0.25, -0.2) is 0 Å². The summed E-state index contributed by atoms with van der Waals surface area (Å²) in [5, 5.41) is 11.6. The molecule has 0 bridgehead atoms. The number of anilines is 1. The van der Waals surface area contributed by atoms with Crippen LogP contribution in [-0.4, -0.2) is 36.8 Å². The molecule has 1 aliphatic heterocycles. The van der Waals surface area contributed by atoms with Gasteiger partial charge in [-0.3, -0.25) is 10.1 Å². The van der Waals surface area contributed by atoms with Crippen LogP contribution in [0.15, 0.2) is 12.1 Å². The van der Waals surface area contributed by atoms with Crippen LogP contribution in [0.5, 0.6) is 0 Å². The van der Waals surface area contributed by atoms with E-state index in [4.69, 9.17) is 33.7 Å². The van der Waals surface area contributed by atoms with E-state index in [0.29, 0.717) is 25.4 Å². The summed E-state index contributed by atoms with van der Waals surface area (Å²) in [6, 6.07) is 2.64. The summed E-state index contributed by atoms with van der Waals surface area (Å²) >= 11 is 11.8. The molecule has 2 unspecified atom stereocenters. The van der Waals surface area contributed by atoms with Crippen LogP contribution in [0.4, 0.5) is 11.4 Å². The summed E-state index contributed by atoms with van der Waals surface area (Å²) in [5.41, 5.74) is 6.20. The van der Waals surface area contributed by atoms with E-state index in [0.717, 1.165) is 0 Å². The lowest BCUT2D eigenvalue weighted by atomic mass is 10.1. The molecule has 0 radical (unpaired) electrons. The lowest BCUT2D eigenvalue weighted by molar-refractivity contribution is -0.384. The Kier molecular flexibility index (Phi) is 4.70. The van der Waals surface area contributed by atoms with Gasteiger partial charge in [-0.1, -0.05) is 23.2 Å². The van der Waals surface area contributed by atoms with Crippen molar-refractivity contribution >= 4 is 34.6 Å². The topological polar surface area (TPSA) is 81.6 Å². The summed E-state index contributed by atoms with van der Waals surface area (Å²) in [6.07, 6.45) is -0.169. The van der Waals surface area contributed by atoms with Gasteiger partial charge in [-0.05, 0) is 13.0 Å². The third-order valence-electron chi connectivity index (χ3n) is 3.23. The lowest BCUT2D eigenvalue weighted by Gasteiger charge is -2.35. The largest absolute Gasteiger partial charge is 0.373 e. The zero-order valence-electron chi connectivity index (χ0n) is 10.9. The Labute approximate surface area is 126 Å². The molecule has 1 fully saturated rings. The molecule has 2 N–H and O–H groups in total. The van der Waals surface area contributed by atoms with E-state index in [1.807, 2.05) is 11.8 Å². The average Bonchev–Trinajstić information content (AvgIpc) is 2.41. The number of nitrogens with two attached hydrogens (primary N) is 1. The van der Waals surface area contributed by atoms with Crippen LogP contribution in [-0.2, 0) is 4.74 Å². The number of hydrogen-bond donors (Lipinski definition) is 1. The Morgan fingerprint density at radius 2 is 2.15 bits per heavy atom. The molecule has 0 aliphatic carbocycles. The van der Waals surface area contributed by atoms with Gasteiger partial charge in [0.05, 0.1) is 27.7 Å². The summed E-state index contributed by atoms with van der Waals surface area (Å²) in [6.45, 7) is 3.33. The summed E-state index contributed by atoms with van der Waals surface area (Å²) in [5.74, 6) is 0. The van der Waals surface area contributed by atoms with Crippen LogP contribution in [0.1, 0.15) is 6.92 Å². The maximum atomic E-state index is 11.2. The maximum absolute atomic E-state index is 11.2. The molecule has 110 valence electrons. The van der Waals surface area contributed by atoms with Gasteiger partial charge in [-0.15, -0.1) is 0 Å². The molecule has 1 aromatic carbocycles. The number of rotatable bonds is 3. The van der Waals surface area contributed by atoms with Crippen LogP contribution in [0, 0.1) is 10.1 Å². The van der Waals surface area contributed by atoms with Crippen molar-refractivity contribution < 1.29 is 9.66 Å². The minimum absolute atomic E-state index is 0.0651. The van der Waals surface area contributed by atoms with Crippen molar-refractivity contribution in [1.29, 1.82) is 0 Å². The van der Waals surface area contributed by atoms with E-state index in [-0.39, 0.29) is 27.9 Å². The SMILES string of the molecule is CC(N)C1CN(c2cc(Cl)c(Cl)cc2[N+](=O)[O-])CCO1. The maximum Gasteiger partial charge on any atom is 0.294 e. The number of benzene rings is 1. The van der Waals surface area contributed by atoms with Crippen LogP contribution in [0.25, 0.3) is 0 Å². The molecule has 20 heavy (non-hydrogen) atoms. The Bertz CT molecular complexity index is 525. The van der Waals surface area contributed by atoms with E-state index in [1.165, 1.54) is 12.1 Å². The molecule has 1 saturated heterocycles. The third kappa shape index (κ3) is 3.15. The minimum atomic E-state index is -0.464. The number of nitro groups is 1. The van der Waals surface area contributed by atoms with Crippen molar-refractivity contribution in [2.24, 2.45) is 5.73 Å². The first-order valence-corrected chi connectivity index (χ1v) is 6.91. The molecule has 8 heteroatoms. The van der Waals surface area contributed by atoms with Crippen molar-refractivity contribution in [2.75, 3.05) is 24.6 Å². The van der Waals surface area contributed by atoms with Crippen molar-refractivity contribution in [1.82, 2.24) is 0 Å².